The average molecular weight is 501 g/mol. The van der Waals surface area contributed by atoms with Crippen molar-refractivity contribution in [2.75, 3.05) is 5.32 Å². The molecule has 35 heavy (non-hydrogen) atoms. The molecule has 3 aromatic heterocycles. The van der Waals surface area contributed by atoms with Crippen LogP contribution >= 0.6 is 11.6 Å². The molecule has 1 amide bonds. The fraction of sp³-hybridized carbons (Fsp3) is 0.261. The summed E-state index contributed by atoms with van der Waals surface area (Å²) in [5.74, 6) is -3.12. The van der Waals surface area contributed by atoms with Gasteiger partial charge in [0, 0.05) is 42.7 Å². The molecule has 0 spiro atoms. The monoisotopic (exact) mass is 500 g/mol. The second kappa shape index (κ2) is 9.34. The fourth-order valence-electron chi connectivity index (χ4n) is 4.16. The molecule has 4 aromatic rings. The van der Waals surface area contributed by atoms with E-state index in [0.29, 0.717) is 16.3 Å². The Labute approximate surface area is 204 Å². The minimum absolute atomic E-state index is 0.178. The van der Waals surface area contributed by atoms with Crippen molar-refractivity contribution in [3.8, 4) is 5.75 Å². The molecule has 0 saturated carbocycles. The molecule has 0 saturated heterocycles. The minimum atomic E-state index is -0.824. The summed E-state index contributed by atoms with van der Waals surface area (Å²) in [5.41, 5.74) is 0.826. The zero-order chi connectivity index (χ0) is 25.4. The smallest absolute Gasteiger partial charge is 0.296 e. The number of carbonyl (C=O) groups excluding carboxylic acids is 1. The zero-order valence-electron chi connectivity index (χ0n) is 19.3. The lowest BCUT2D eigenvalue weighted by molar-refractivity contribution is 0.101. The van der Waals surface area contributed by atoms with E-state index in [1.807, 2.05) is 6.92 Å². The molecule has 0 aliphatic rings. The molecular weight excluding hydrogens is 479 g/mol. The van der Waals surface area contributed by atoms with E-state index in [1.165, 1.54) is 37.7 Å². The number of anilines is 1. The third-order valence-corrected chi connectivity index (χ3v) is 6.14. The molecule has 10 nitrogen and oxygen atoms in total. The van der Waals surface area contributed by atoms with Gasteiger partial charge in [0.1, 0.15) is 23.6 Å². The van der Waals surface area contributed by atoms with Gasteiger partial charge in [-0.1, -0.05) is 23.7 Å². The topological polar surface area (TPSA) is 128 Å². The first kappa shape index (κ1) is 24.1. The van der Waals surface area contributed by atoms with E-state index in [4.69, 9.17) is 11.6 Å². The predicted octanol–water partition coefficient (Wildman–Crippen LogP) is 3.50. The maximum Gasteiger partial charge on any atom is 0.296 e. The van der Waals surface area contributed by atoms with Gasteiger partial charge >= 0.3 is 0 Å². The number of rotatable bonds is 6. The minimum Gasteiger partial charge on any atom is -0.501 e. The van der Waals surface area contributed by atoms with E-state index in [0.717, 1.165) is 10.1 Å². The number of nitrogens with one attached hydrogen (secondary N) is 1. The Kier molecular flexibility index (Phi) is 6.44. The van der Waals surface area contributed by atoms with Crippen molar-refractivity contribution in [1.82, 2.24) is 24.5 Å². The molecule has 3 heterocycles. The van der Waals surface area contributed by atoms with E-state index in [2.05, 4.69) is 25.1 Å². The van der Waals surface area contributed by atoms with Gasteiger partial charge in [0.2, 0.25) is 5.75 Å². The average Bonchev–Trinajstić information content (AvgIpc) is 3.43. The summed E-state index contributed by atoms with van der Waals surface area (Å²) in [7, 11) is 3.19. The molecule has 0 aliphatic carbocycles. The van der Waals surface area contributed by atoms with Crippen molar-refractivity contribution >= 4 is 23.2 Å². The largest absolute Gasteiger partial charge is 0.501 e. The summed E-state index contributed by atoms with van der Waals surface area (Å²) >= 11 is 6.49. The van der Waals surface area contributed by atoms with E-state index in [-0.39, 0.29) is 11.5 Å². The highest BCUT2D eigenvalue weighted by atomic mass is 35.5. The van der Waals surface area contributed by atoms with Crippen molar-refractivity contribution in [3.63, 3.8) is 0 Å². The second-order valence-corrected chi connectivity index (χ2v) is 8.58. The number of aromatic hydroxyl groups is 1. The lowest BCUT2D eigenvalue weighted by Crippen LogP contribution is -2.29. The highest BCUT2D eigenvalue weighted by Crippen LogP contribution is 2.41. The van der Waals surface area contributed by atoms with Crippen LogP contribution in [-0.4, -0.2) is 35.5 Å². The molecule has 0 fully saturated rings. The van der Waals surface area contributed by atoms with E-state index in [1.54, 1.807) is 24.9 Å². The first-order valence-corrected chi connectivity index (χ1v) is 10.9. The van der Waals surface area contributed by atoms with Crippen LogP contribution in [0.15, 0.2) is 46.2 Å². The highest BCUT2D eigenvalue weighted by molar-refractivity contribution is 6.31. The Morgan fingerprint density at radius 1 is 1.29 bits per heavy atom. The molecule has 12 heteroatoms. The van der Waals surface area contributed by atoms with Crippen LogP contribution in [-0.2, 0) is 14.1 Å². The number of halogens is 2. The first-order valence-electron chi connectivity index (χ1n) is 10.5. The molecule has 0 aliphatic heterocycles. The molecule has 4 rings (SSSR count). The molecule has 0 bridgehead atoms. The van der Waals surface area contributed by atoms with E-state index < -0.39 is 40.6 Å². The lowest BCUT2D eigenvalue weighted by atomic mass is 9.81. The molecule has 0 radical (unpaired) electrons. The molecule has 1 aromatic carbocycles. The van der Waals surface area contributed by atoms with Crippen molar-refractivity contribution in [3.05, 3.63) is 86.4 Å². The molecule has 2 atom stereocenters. The summed E-state index contributed by atoms with van der Waals surface area (Å²) in [6, 6.07) is 4.04. The Morgan fingerprint density at radius 2 is 2.03 bits per heavy atom. The highest BCUT2D eigenvalue weighted by Gasteiger charge is 2.32. The van der Waals surface area contributed by atoms with Crippen LogP contribution in [0.2, 0.25) is 5.02 Å². The van der Waals surface area contributed by atoms with Crippen LogP contribution in [0.5, 0.6) is 5.75 Å². The number of hydrogen-bond donors (Lipinski definition) is 2. The van der Waals surface area contributed by atoms with Crippen molar-refractivity contribution in [1.29, 1.82) is 0 Å². The van der Waals surface area contributed by atoms with Gasteiger partial charge < -0.3 is 14.9 Å². The van der Waals surface area contributed by atoms with Crippen LogP contribution < -0.4 is 10.9 Å². The van der Waals surface area contributed by atoms with Gasteiger partial charge in [-0.05, 0) is 30.7 Å². The maximum absolute atomic E-state index is 14.3. The van der Waals surface area contributed by atoms with Crippen LogP contribution in [0.25, 0.3) is 0 Å². The number of benzene rings is 1. The van der Waals surface area contributed by atoms with Crippen molar-refractivity contribution < 1.29 is 18.8 Å². The maximum atomic E-state index is 14.3. The van der Waals surface area contributed by atoms with E-state index in [9.17, 15) is 19.1 Å². The summed E-state index contributed by atoms with van der Waals surface area (Å²) < 4.78 is 21.8. The van der Waals surface area contributed by atoms with Gasteiger partial charge in [-0.15, -0.1) is 0 Å². The Hall–Kier alpha value is -3.99. The summed E-state index contributed by atoms with van der Waals surface area (Å²) in [5, 5.41) is 21.1. The van der Waals surface area contributed by atoms with Gasteiger partial charge in [-0.2, -0.15) is 5.10 Å². The molecule has 0 unspecified atom stereocenters. The van der Waals surface area contributed by atoms with Crippen LogP contribution in [0, 0.1) is 12.7 Å². The number of carbonyl (C=O) groups is 1. The number of amides is 1. The van der Waals surface area contributed by atoms with Crippen LogP contribution in [0.4, 0.5) is 10.1 Å². The summed E-state index contributed by atoms with van der Waals surface area (Å²) in [6.45, 7) is 3.59. The SMILES string of the molecule is Cc1nn(C)cc1[C@@H](c1cc(F)ccc1Cl)[C@@H](C)c1nc(C(=O)Nc2cnoc2)c(O)c(=O)n1C. The number of aromatic nitrogens is 5. The van der Waals surface area contributed by atoms with Crippen LogP contribution in [0.1, 0.15) is 51.9 Å². The summed E-state index contributed by atoms with van der Waals surface area (Å²) in [4.78, 5) is 30.0. The Morgan fingerprint density at radius 3 is 2.66 bits per heavy atom. The Bertz CT molecular complexity index is 1460. The molecule has 2 N–H and O–H groups in total. The Balaban J connectivity index is 1.88. The van der Waals surface area contributed by atoms with Gasteiger partial charge in [0.25, 0.3) is 11.5 Å². The number of aryl methyl sites for hydroxylation is 2. The first-order chi connectivity index (χ1) is 16.6. The van der Waals surface area contributed by atoms with Gasteiger partial charge in [-0.3, -0.25) is 18.8 Å². The lowest BCUT2D eigenvalue weighted by Gasteiger charge is -2.26. The summed E-state index contributed by atoms with van der Waals surface area (Å²) in [6.07, 6.45) is 4.23. The van der Waals surface area contributed by atoms with Gasteiger partial charge in [0.15, 0.2) is 5.69 Å². The van der Waals surface area contributed by atoms with Gasteiger partial charge in [0.05, 0.1) is 11.9 Å². The second-order valence-electron chi connectivity index (χ2n) is 8.17. The third-order valence-electron chi connectivity index (χ3n) is 5.79. The van der Waals surface area contributed by atoms with Gasteiger partial charge in [-0.25, -0.2) is 9.37 Å². The number of nitrogens with zero attached hydrogens (tertiary/aromatic N) is 5. The standard InChI is InChI=1S/C23H22ClFN6O4/c1-11(18(16-9-30(3)29-12(16)2)15-7-13(25)5-6-17(15)24)21-28-19(20(32)23(34)31(21)4)22(33)27-14-8-26-35-10-14/h5-11,18,32H,1-4H3,(H,27,33)/t11-,18-/m1/s1. The van der Waals surface area contributed by atoms with E-state index >= 15 is 0 Å². The molecule has 182 valence electrons. The zero-order valence-corrected chi connectivity index (χ0v) is 20.0. The van der Waals surface area contributed by atoms with Crippen molar-refractivity contribution in [2.45, 2.75) is 25.7 Å². The van der Waals surface area contributed by atoms with Crippen molar-refractivity contribution in [2.24, 2.45) is 14.1 Å². The molecular formula is C23H22ClFN6O4. The van der Waals surface area contributed by atoms with Crippen LogP contribution in [0.3, 0.4) is 0 Å². The normalized spacial score (nSPS) is 13.0. The fourth-order valence-corrected chi connectivity index (χ4v) is 4.40. The predicted molar refractivity (Wildman–Crippen MR) is 125 cm³/mol. The number of hydrogen-bond acceptors (Lipinski definition) is 7. The third kappa shape index (κ3) is 4.54. The quantitative estimate of drug-likeness (QED) is 0.414.